The van der Waals surface area contributed by atoms with Crippen LogP contribution in [0.1, 0.15) is 56.8 Å². The van der Waals surface area contributed by atoms with Gasteiger partial charge in [0.1, 0.15) is 5.01 Å². The summed E-state index contributed by atoms with van der Waals surface area (Å²) in [6.45, 7) is 6.60. The lowest BCUT2D eigenvalue weighted by Gasteiger charge is -2.44. The summed E-state index contributed by atoms with van der Waals surface area (Å²) in [5.41, 5.74) is 7.73. The molecule has 1 unspecified atom stereocenters. The molecule has 17 heavy (non-hydrogen) atoms. The van der Waals surface area contributed by atoms with Crippen LogP contribution in [0.15, 0.2) is 5.38 Å². The number of hydrogen-bond acceptors (Lipinski definition) is 4. The monoisotopic (exact) mass is 270 g/mol. The minimum atomic E-state index is 0.104. The number of nitrogens with zero attached hydrogens (tertiary/aromatic N) is 1. The van der Waals surface area contributed by atoms with Crippen LogP contribution >= 0.6 is 23.1 Å². The van der Waals surface area contributed by atoms with Crippen molar-refractivity contribution in [3.63, 3.8) is 0 Å². The highest BCUT2D eigenvalue weighted by atomic mass is 32.2. The first-order valence-electron chi connectivity index (χ1n) is 6.16. The van der Waals surface area contributed by atoms with Crippen LogP contribution in [0.5, 0.6) is 0 Å². The Morgan fingerprint density at radius 3 is 2.47 bits per heavy atom. The summed E-state index contributed by atoms with van der Waals surface area (Å²) in [5, 5.41) is 3.28. The molecule has 1 fully saturated rings. The molecule has 1 heterocycles. The number of aromatic nitrogens is 1. The van der Waals surface area contributed by atoms with E-state index in [1.165, 1.54) is 25.0 Å². The van der Waals surface area contributed by atoms with Crippen LogP contribution in [0.4, 0.5) is 0 Å². The lowest BCUT2D eigenvalue weighted by molar-refractivity contribution is 0.309. The molecule has 0 spiro atoms. The zero-order valence-corrected chi connectivity index (χ0v) is 12.8. The quantitative estimate of drug-likeness (QED) is 0.909. The molecule has 1 aliphatic carbocycles. The summed E-state index contributed by atoms with van der Waals surface area (Å²) in [7, 11) is 0. The zero-order valence-electron chi connectivity index (χ0n) is 11.1. The van der Waals surface area contributed by atoms with Gasteiger partial charge in [-0.1, -0.05) is 27.2 Å². The topological polar surface area (TPSA) is 38.9 Å². The molecule has 2 N–H and O–H groups in total. The highest BCUT2D eigenvalue weighted by Crippen LogP contribution is 2.50. The van der Waals surface area contributed by atoms with Gasteiger partial charge in [0, 0.05) is 15.5 Å². The van der Waals surface area contributed by atoms with E-state index in [1.807, 2.05) is 11.8 Å². The summed E-state index contributed by atoms with van der Waals surface area (Å²) in [5.74, 6) is 0. The van der Waals surface area contributed by atoms with E-state index < -0.39 is 0 Å². The van der Waals surface area contributed by atoms with Crippen molar-refractivity contribution < 1.29 is 0 Å². The summed E-state index contributed by atoms with van der Waals surface area (Å²) in [6.07, 6.45) is 5.96. The van der Waals surface area contributed by atoms with E-state index in [1.54, 1.807) is 11.3 Å². The van der Waals surface area contributed by atoms with Crippen LogP contribution < -0.4 is 5.73 Å². The van der Waals surface area contributed by atoms with Crippen LogP contribution in [0, 0.1) is 0 Å². The SMILES string of the molecule is CSC1(C(N)c2nc(C(C)(C)C)cs2)CCC1. The lowest BCUT2D eigenvalue weighted by atomic mass is 9.79. The number of hydrogen-bond donors (Lipinski definition) is 1. The second-order valence-electron chi connectivity index (χ2n) is 5.92. The highest BCUT2D eigenvalue weighted by Gasteiger charge is 2.43. The fourth-order valence-electron chi connectivity index (χ4n) is 2.17. The van der Waals surface area contributed by atoms with Crippen LogP contribution in [-0.2, 0) is 5.41 Å². The highest BCUT2D eigenvalue weighted by molar-refractivity contribution is 8.00. The summed E-state index contributed by atoms with van der Waals surface area (Å²) >= 11 is 3.65. The molecule has 1 aliphatic rings. The second kappa shape index (κ2) is 4.56. The first-order chi connectivity index (χ1) is 7.89. The minimum Gasteiger partial charge on any atom is -0.321 e. The van der Waals surface area contributed by atoms with Crippen molar-refractivity contribution in [2.45, 2.75) is 56.2 Å². The molecule has 0 radical (unpaired) electrons. The van der Waals surface area contributed by atoms with Gasteiger partial charge in [-0.15, -0.1) is 11.3 Å². The van der Waals surface area contributed by atoms with Crippen molar-refractivity contribution in [1.82, 2.24) is 4.98 Å². The molecule has 1 aromatic heterocycles. The molecule has 0 saturated heterocycles. The lowest BCUT2D eigenvalue weighted by Crippen LogP contribution is -2.44. The Bertz CT molecular complexity index is 383. The molecule has 0 aromatic carbocycles. The Morgan fingerprint density at radius 1 is 1.47 bits per heavy atom. The Kier molecular flexibility index (Phi) is 3.59. The maximum atomic E-state index is 6.43. The van der Waals surface area contributed by atoms with Crippen molar-refractivity contribution in [2.75, 3.05) is 6.26 Å². The molecule has 1 atom stereocenters. The van der Waals surface area contributed by atoms with Gasteiger partial charge in [-0.25, -0.2) is 4.98 Å². The Hall–Kier alpha value is -0.0600. The van der Waals surface area contributed by atoms with Crippen molar-refractivity contribution in [1.29, 1.82) is 0 Å². The first kappa shape index (κ1) is 13.4. The number of thioether (sulfide) groups is 1. The average molecular weight is 270 g/mol. The van der Waals surface area contributed by atoms with Gasteiger partial charge < -0.3 is 5.73 Å². The van der Waals surface area contributed by atoms with E-state index in [0.29, 0.717) is 0 Å². The Morgan fingerprint density at radius 2 is 2.12 bits per heavy atom. The van der Waals surface area contributed by atoms with E-state index >= 15 is 0 Å². The molecule has 2 nitrogen and oxygen atoms in total. The van der Waals surface area contributed by atoms with Crippen LogP contribution in [0.3, 0.4) is 0 Å². The van der Waals surface area contributed by atoms with Crippen molar-refractivity contribution in [3.05, 3.63) is 16.1 Å². The predicted molar refractivity (Wildman–Crippen MR) is 77.8 cm³/mol. The largest absolute Gasteiger partial charge is 0.321 e. The fourth-order valence-corrected chi connectivity index (χ4v) is 4.47. The molecular weight excluding hydrogens is 248 g/mol. The maximum Gasteiger partial charge on any atom is 0.111 e. The van der Waals surface area contributed by atoms with Crippen LogP contribution in [-0.4, -0.2) is 16.0 Å². The molecule has 0 amide bonds. The smallest absolute Gasteiger partial charge is 0.111 e. The van der Waals surface area contributed by atoms with Gasteiger partial charge in [-0.3, -0.25) is 0 Å². The van der Waals surface area contributed by atoms with Crippen LogP contribution in [0.25, 0.3) is 0 Å². The molecule has 2 rings (SSSR count). The number of rotatable bonds is 3. The second-order valence-corrected chi connectivity index (χ2v) is 8.03. The predicted octanol–water partition coefficient (Wildman–Crippen LogP) is 3.73. The maximum absolute atomic E-state index is 6.43. The number of nitrogens with two attached hydrogens (primary N) is 1. The summed E-state index contributed by atoms with van der Waals surface area (Å²) in [6, 6.07) is 0.104. The van der Waals surface area contributed by atoms with E-state index in [4.69, 9.17) is 10.7 Å². The van der Waals surface area contributed by atoms with E-state index in [-0.39, 0.29) is 16.2 Å². The van der Waals surface area contributed by atoms with Gasteiger partial charge >= 0.3 is 0 Å². The molecular formula is C13H22N2S2. The molecule has 0 aliphatic heterocycles. The molecule has 1 saturated carbocycles. The Balaban J connectivity index is 2.20. The zero-order chi connectivity index (χ0) is 12.7. The normalized spacial score (nSPS) is 21.0. The third-order valence-electron chi connectivity index (χ3n) is 3.73. The third-order valence-corrected chi connectivity index (χ3v) is 6.13. The van der Waals surface area contributed by atoms with Gasteiger partial charge in [0.05, 0.1) is 11.7 Å². The van der Waals surface area contributed by atoms with Gasteiger partial charge in [-0.05, 0) is 19.1 Å². The van der Waals surface area contributed by atoms with Gasteiger partial charge in [-0.2, -0.15) is 11.8 Å². The van der Waals surface area contributed by atoms with Crippen molar-refractivity contribution in [3.8, 4) is 0 Å². The van der Waals surface area contributed by atoms with Gasteiger partial charge in [0.2, 0.25) is 0 Å². The van der Waals surface area contributed by atoms with Gasteiger partial charge in [0.25, 0.3) is 0 Å². The molecule has 1 aromatic rings. The molecule has 4 heteroatoms. The molecule has 96 valence electrons. The van der Waals surface area contributed by atoms with Crippen molar-refractivity contribution in [2.24, 2.45) is 5.73 Å². The Labute approximate surface area is 112 Å². The first-order valence-corrected chi connectivity index (χ1v) is 8.26. The average Bonchev–Trinajstić information content (AvgIpc) is 2.64. The minimum absolute atomic E-state index is 0.104. The van der Waals surface area contributed by atoms with E-state index in [9.17, 15) is 0 Å². The van der Waals surface area contributed by atoms with E-state index in [0.717, 1.165) is 5.01 Å². The summed E-state index contributed by atoms with van der Waals surface area (Å²) < 4.78 is 0.257. The fraction of sp³-hybridized carbons (Fsp3) is 0.769. The van der Waals surface area contributed by atoms with Crippen LogP contribution in [0.2, 0.25) is 0 Å². The number of thiazole rings is 1. The van der Waals surface area contributed by atoms with E-state index in [2.05, 4.69) is 32.4 Å². The summed E-state index contributed by atoms with van der Waals surface area (Å²) in [4.78, 5) is 4.76. The third kappa shape index (κ3) is 2.40. The molecule has 0 bridgehead atoms. The van der Waals surface area contributed by atoms with Gasteiger partial charge in [0.15, 0.2) is 0 Å². The van der Waals surface area contributed by atoms with Crippen molar-refractivity contribution >= 4 is 23.1 Å². The standard InChI is InChI=1S/C13H22N2S2/c1-12(2,3)9-8-17-11(15-9)10(14)13(16-4)6-5-7-13/h8,10H,5-7,14H2,1-4H3.